The summed E-state index contributed by atoms with van der Waals surface area (Å²) in [6.45, 7) is 1.78. The van der Waals surface area contributed by atoms with Gasteiger partial charge in [-0.2, -0.15) is 4.98 Å². The number of hydrogen-bond acceptors (Lipinski definition) is 4. The fourth-order valence-electron chi connectivity index (χ4n) is 2.34. The lowest BCUT2D eigenvalue weighted by Gasteiger charge is -2.09. The second kappa shape index (κ2) is 8.06. The van der Waals surface area contributed by atoms with E-state index in [-0.39, 0.29) is 24.1 Å². The molecule has 0 radical (unpaired) electrons. The van der Waals surface area contributed by atoms with Crippen LogP contribution in [0.5, 0.6) is 5.88 Å². The molecule has 3 aromatic rings. The van der Waals surface area contributed by atoms with Crippen LogP contribution in [-0.4, -0.2) is 22.4 Å². The van der Waals surface area contributed by atoms with Gasteiger partial charge in [0.15, 0.2) is 18.2 Å². The molecule has 0 aliphatic heterocycles. The number of carbonyl (C=O) groups excluding carboxylic acids is 1. The van der Waals surface area contributed by atoms with Crippen molar-refractivity contribution in [3.05, 3.63) is 76.7 Å². The molecule has 0 fully saturated rings. The first-order chi connectivity index (χ1) is 12.5. The number of ketones is 1. The Morgan fingerprint density at radius 3 is 2.58 bits per heavy atom. The van der Waals surface area contributed by atoms with E-state index in [1.807, 2.05) is 6.92 Å². The van der Waals surface area contributed by atoms with Crippen molar-refractivity contribution in [1.29, 1.82) is 0 Å². The first kappa shape index (κ1) is 18.0. The smallest absolute Gasteiger partial charge is 0.217 e. The van der Waals surface area contributed by atoms with Crippen LogP contribution in [0.4, 0.5) is 4.39 Å². The van der Waals surface area contributed by atoms with Crippen molar-refractivity contribution in [2.45, 2.75) is 13.3 Å². The standard InChI is InChI=1S/C20H16ClFN2O2/c1-2-17-11-19(24-20(23-17)14-4-3-5-16(22)10-14)26-12-18(25)13-6-8-15(21)9-7-13/h3-11H,2,12H2,1H3. The van der Waals surface area contributed by atoms with E-state index in [1.54, 1.807) is 42.5 Å². The number of halogens is 2. The number of rotatable bonds is 6. The van der Waals surface area contributed by atoms with Gasteiger partial charge < -0.3 is 4.74 Å². The largest absolute Gasteiger partial charge is 0.469 e. The minimum absolute atomic E-state index is 0.162. The molecule has 2 aromatic carbocycles. The zero-order valence-corrected chi connectivity index (χ0v) is 14.8. The van der Waals surface area contributed by atoms with Gasteiger partial charge in [-0.05, 0) is 42.8 Å². The summed E-state index contributed by atoms with van der Waals surface area (Å²) in [7, 11) is 0. The summed E-state index contributed by atoms with van der Waals surface area (Å²) in [5.74, 6) is 0.0789. The summed E-state index contributed by atoms with van der Waals surface area (Å²) in [5.41, 5.74) is 1.80. The molecular formula is C20H16ClFN2O2. The minimum atomic E-state index is -0.367. The molecule has 1 aromatic heterocycles. The highest BCUT2D eigenvalue weighted by Gasteiger charge is 2.11. The normalized spacial score (nSPS) is 10.6. The molecule has 0 spiro atoms. The van der Waals surface area contributed by atoms with Gasteiger partial charge in [-0.1, -0.05) is 30.7 Å². The first-order valence-corrected chi connectivity index (χ1v) is 8.48. The third-order valence-electron chi connectivity index (χ3n) is 3.72. The fourth-order valence-corrected chi connectivity index (χ4v) is 2.47. The zero-order chi connectivity index (χ0) is 18.5. The van der Waals surface area contributed by atoms with E-state index in [0.717, 1.165) is 5.69 Å². The summed E-state index contributed by atoms with van der Waals surface area (Å²) in [6.07, 6.45) is 0.659. The van der Waals surface area contributed by atoms with Gasteiger partial charge in [-0.3, -0.25) is 4.79 Å². The minimum Gasteiger partial charge on any atom is -0.469 e. The highest BCUT2D eigenvalue weighted by atomic mass is 35.5. The maximum absolute atomic E-state index is 13.5. The molecular weight excluding hydrogens is 355 g/mol. The third kappa shape index (κ3) is 4.43. The molecule has 0 bridgehead atoms. The van der Waals surface area contributed by atoms with Crippen LogP contribution >= 0.6 is 11.6 Å². The van der Waals surface area contributed by atoms with Gasteiger partial charge in [-0.15, -0.1) is 0 Å². The Kier molecular flexibility index (Phi) is 5.58. The maximum atomic E-state index is 13.5. The predicted molar refractivity (Wildman–Crippen MR) is 98.1 cm³/mol. The monoisotopic (exact) mass is 370 g/mol. The SMILES string of the molecule is CCc1cc(OCC(=O)c2ccc(Cl)cc2)nc(-c2cccc(F)c2)n1. The molecule has 1 heterocycles. The summed E-state index contributed by atoms with van der Waals surface area (Å²) >= 11 is 5.82. The summed E-state index contributed by atoms with van der Waals surface area (Å²) in [5, 5.41) is 0.561. The Balaban J connectivity index is 1.80. The van der Waals surface area contributed by atoms with Crippen molar-refractivity contribution in [2.24, 2.45) is 0 Å². The van der Waals surface area contributed by atoms with E-state index in [4.69, 9.17) is 16.3 Å². The molecule has 132 valence electrons. The van der Waals surface area contributed by atoms with E-state index in [2.05, 4.69) is 9.97 Å². The molecule has 6 heteroatoms. The van der Waals surface area contributed by atoms with E-state index in [0.29, 0.717) is 28.4 Å². The number of carbonyl (C=O) groups is 1. The van der Waals surface area contributed by atoms with E-state index >= 15 is 0 Å². The Labute approximate surface area is 155 Å². The molecule has 0 saturated heterocycles. The van der Waals surface area contributed by atoms with Crippen molar-refractivity contribution in [3.8, 4) is 17.3 Å². The van der Waals surface area contributed by atoms with Crippen molar-refractivity contribution < 1.29 is 13.9 Å². The Morgan fingerprint density at radius 2 is 1.88 bits per heavy atom. The van der Waals surface area contributed by atoms with Crippen LogP contribution in [0.25, 0.3) is 11.4 Å². The number of hydrogen-bond donors (Lipinski definition) is 0. The van der Waals surface area contributed by atoms with E-state index < -0.39 is 0 Å². The van der Waals surface area contributed by atoms with Crippen LogP contribution < -0.4 is 4.74 Å². The number of benzene rings is 2. The van der Waals surface area contributed by atoms with Gasteiger partial charge >= 0.3 is 0 Å². The Bertz CT molecular complexity index is 929. The van der Waals surface area contributed by atoms with Crippen LogP contribution in [0.15, 0.2) is 54.6 Å². The van der Waals surface area contributed by atoms with Gasteiger partial charge in [0.25, 0.3) is 0 Å². The molecule has 26 heavy (non-hydrogen) atoms. The average molecular weight is 371 g/mol. The van der Waals surface area contributed by atoms with Gasteiger partial charge in [0.1, 0.15) is 5.82 Å². The third-order valence-corrected chi connectivity index (χ3v) is 3.97. The van der Waals surface area contributed by atoms with Crippen LogP contribution in [0.3, 0.4) is 0 Å². The topological polar surface area (TPSA) is 52.1 Å². The summed E-state index contributed by atoms with van der Waals surface area (Å²) in [6, 6.07) is 14.3. The molecule has 0 saturated carbocycles. The Morgan fingerprint density at radius 1 is 1.12 bits per heavy atom. The number of aromatic nitrogens is 2. The molecule has 0 unspecified atom stereocenters. The van der Waals surface area contributed by atoms with Crippen molar-refractivity contribution in [2.75, 3.05) is 6.61 Å². The van der Waals surface area contributed by atoms with Crippen LogP contribution in [0, 0.1) is 5.82 Å². The number of ether oxygens (including phenoxy) is 1. The van der Waals surface area contributed by atoms with E-state index in [1.165, 1.54) is 12.1 Å². The molecule has 4 nitrogen and oxygen atoms in total. The predicted octanol–water partition coefficient (Wildman–Crippen LogP) is 4.76. The lowest BCUT2D eigenvalue weighted by atomic mass is 10.1. The van der Waals surface area contributed by atoms with Crippen molar-refractivity contribution >= 4 is 17.4 Å². The first-order valence-electron chi connectivity index (χ1n) is 8.10. The lowest BCUT2D eigenvalue weighted by Crippen LogP contribution is -2.13. The molecule has 0 atom stereocenters. The second-order valence-corrected chi connectivity index (χ2v) is 6.04. The molecule has 0 aliphatic rings. The van der Waals surface area contributed by atoms with E-state index in [9.17, 15) is 9.18 Å². The van der Waals surface area contributed by atoms with Crippen LogP contribution in [0.1, 0.15) is 23.0 Å². The quantitative estimate of drug-likeness (QED) is 0.587. The Hall–Kier alpha value is -2.79. The highest BCUT2D eigenvalue weighted by molar-refractivity contribution is 6.30. The molecule has 3 rings (SSSR count). The second-order valence-electron chi connectivity index (χ2n) is 5.60. The van der Waals surface area contributed by atoms with Gasteiger partial charge in [0.05, 0.1) is 0 Å². The fraction of sp³-hybridized carbons (Fsp3) is 0.150. The molecule has 0 N–H and O–H groups in total. The van der Waals surface area contributed by atoms with Crippen molar-refractivity contribution in [1.82, 2.24) is 9.97 Å². The summed E-state index contributed by atoms with van der Waals surface area (Å²) < 4.78 is 19.0. The van der Waals surface area contributed by atoms with Gasteiger partial charge in [-0.25, -0.2) is 9.37 Å². The van der Waals surface area contributed by atoms with Gasteiger partial charge in [0.2, 0.25) is 5.88 Å². The average Bonchev–Trinajstić information content (AvgIpc) is 2.66. The maximum Gasteiger partial charge on any atom is 0.217 e. The summed E-state index contributed by atoms with van der Waals surface area (Å²) in [4.78, 5) is 20.9. The lowest BCUT2D eigenvalue weighted by molar-refractivity contribution is 0.0918. The highest BCUT2D eigenvalue weighted by Crippen LogP contribution is 2.20. The van der Waals surface area contributed by atoms with Crippen LogP contribution in [-0.2, 0) is 6.42 Å². The number of Topliss-reactive ketones (excluding diaryl/α,β-unsaturated/α-hetero) is 1. The molecule has 0 aliphatic carbocycles. The molecule has 0 amide bonds. The van der Waals surface area contributed by atoms with Crippen LogP contribution in [0.2, 0.25) is 5.02 Å². The number of aryl methyl sites for hydroxylation is 1. The van der Waals surface area contributed by atoms with Crippen molar-refractivity contribution in [3.63, 3.8) is 0 Å². The zero-order valence-electron chi connectivity index (χ0n) is 14.1. The van der Waals surface area contributed by atoms with Gasteiger partial charge in [0, 0.05) is 27.9 Å². The number of nitrogens with zero attached hydrogens (tertiary/aromatic N) is 2.